The molecule has 1 saturated heterocycles. The molecule has 0 spiro atoms. The molecule has 0 saturated carbocycles. The molecule has 3 aromatic rings. The van der Waals surface area contributed by atoms with Crippen LogP contribution in [0.25, 0.3) is 10.9 Å². The van der Waals surface area contributed by atoms with Gasteiger partial charge in [-0.2, -0.15) is 0 Å². The quantitative estimate of drug-likeness (QED) is 0.751. The van der Waals surface area contributed by atoms with E-state index in [1.165, 1.54) is 5.56 Å². The van der Waals surface area contributed by atoms with Crippen LogP contribution in [-0.4, -0.2) is 34.1 Å². The normalized spacial score (nSPS) is 17.2. The maximum absolute atomic E-state index is 12.3. The van der Waals surface area contributed by atoms with E-state index < -0.39 is 0 Å². The molecule has 1 aliphatic heterocycles. The summed E-state index contributed by atoms with van der Waals surface area (Å²) in [5, 5.41) is 0.640. The van der Waals surface area contributed by atoms with Crippen LogP contribution in [0, 0.1) is 0 Å². The SMILES string of the molecule is C[C@@H](c1nc2ccccc2c(=O)[nH]1)N1CCC(OCc2ccccc2)CC1. The lowest BCUT2D eigenvalue weighted by atomic mass is 10.1. The number of likely N-dealkylation sites (tertiary alicyclic amines) is 1. The molecule has 0 amide bonds. The minimum Gasteiger partial charge on any atom is -0.373 e. The van der Waals surface area contributed by atoms with Gasteiger partial charge in [-0.15, -0.1) is 0 Å². The highest BCUT2D eigenvalue weighted by Gasteiger charge is 2.25. The molecule has 2 heterocycles. The van der Waals surface area contributed by atoms with Gasteiger partial charge >= 0.3 is 0 Å². The van der Waals surface area contributed by atoms with E-state index >= 15 is 0 Å². The number of fused-ring (bicyclic) bond motifs is 1. The fraction of sp³-hybridized carbons (Fsp3) is 0.364. The Hall–Kier alpha value is -2.50. The van der Waals surface area contributed by atoms with Crippen LogP contribution in [0.15, 0.2) is 59.4 Å². The van der Waals surface area contributed by atoms with Crippen LogP contribution in [0.1, 0.15) is 37.2 Å². The Morgan fingerprint density at radius 2 is 1.81 bits per heavy atom. The first-order chi connectivity index (χ1) is 13.2. The standard InChI is InChI=1S/C22H25N3O2/c1-16(21-23-20-10-6-5-9-19(20)22(26)24-21)25-13-11-18(12-14-25)27-15-17-7-3-2-4-8-17/h2-10,16,18H,11-15H2,1H3,(H,23,24,26)/t16-/m0/s1. The zero-order valence-corrected chi connectivity index (χ0v) is 15.6. The van der Waals surface area contributed by atoms with Crippen molar-refractivity contribution < 1.29 is 4.74 Å². The van der Waals surface area contributed by atoms with E-state index in [0.717, 1.165) is 37.3 Å². The third kappa shape index (κ3) is 4.10. The van der Waals surface area contributed by atoms with Crippen molar-refractivity contribution in [1.29, 1.82) is 0 Å². The summed E-state index contributed by atoms with van der Waals surface area (Å²) in [5.74, 6) is 0.738. The Morgan fingerprint density at radius 3 is 2.59 bits per heavy atom. The van der Waals surface area contributed by atoms with Gasteiger partial charge in [0.1, 0.15) is 5.82 Å². The second-order valence-electron chi connectivity index (χ2n) is 7.18. The molecule has 1 N–H and O–H groups in total. The summed E-state index contributed by atoms with van der Waals surface area (Å²) in [4.78, 5) is 22.3. The number of piperidine rings is 1. The van der Waals surface area contributed by atoms with Crippen LogP contribution in [0.4, 0.5) is 0 Å². The molecule has 140 valence electrons. The summed E-state index contributed by atoms with van der Waals surface area (Å²) in [5.41, 5.74) is 1.90. The number of ether oxygens (including phenoxy) is 1. The Kier molecular flexibility index (Phi) is 5.32. The summed E-state index contributed by atoms with van der Waals surface area (Å²) in [6.45, 7) is 4.66. The molecule has 5 nitrogen and oxygen atoms in total. The van der Waals surface area contributed by atoms with Gasteiger partial charge in [-0.25, -0.2) is 4.98 Å². The third-order valence-corrected chi connectivity index (χ3v) is 5.38. The summed E-state index contributed by atoms with van der Waals surface area (Å²) in [7, 11) is 0. The average Bonchev–Trinajstić information content (AvgIpc) is 2.73. The minimum absolute atomic E-state index is 0.0662. The Labute approximate surface area is 159 Å². The number of rotatable bonds is 5. The van der Waals surface area contributed by atoms with Gasteiger partial charge in [0.15, 0.2) is 0 Å². The fourth-order valence-corrected chi connectivity index (χ4v) is 3.69. The van der Waals surface area contributed by atoms with Gasteiger partial charge in [-0.05, 0) is 37.5 Å². The molecule has 0 unspecified atom stereocenters. The molecular formula is C22H25N3O2. The van der Waals surface area contributed by atoms with Crippen LogP contribution in [-0.2, 0) is 11.3 Å². The lowest BCUT2D eigenvalue weighted by molar-refractivity contribution is -0.0105. The summed E-state index contributed by atoms with van der Waals surface area (Å²) in [6, 6.07) is 17.9. The maximum Gasteiger partial charge on any atom is 0.258 e. The van der Waals surface area contributed by atoms with E-state index in [9.17, 15) is 4.79 Å². The van der Waals surface area contributed by atoms with Gasteiger partial charge in [0.2, 0.25) is 0 Å². The highest BCUT2D eigenvalue weighted by Crippen LogP contribution is 2.24. The number of benzene rings is 2. The highest BCUT2D eigenvalue weighted by atomic mass is 16.5. The van der Waals surface area contributed by atoms with Crippen LogP contribution in [0.3, 0.4) is 0 Å². The number of hydrogen-bond acceptors (Lipinski definition) is 4. The number of nitrogens with zero attached hydrogens (tertiary/aromatic N) is 2. The van der Waals surface area contributed by atoms with Crippen molar-refractivity contribution in [1.82, 2.24) is 14.9 Å². The number of aromatic nitrogens is 2. The molecule has 0 aliphatic carbocycles. The van der Waals surface area contributed by atoms with Crippen molar-refractivity contribution >= 4 is 10.9 Å². The first-order valence-electron chi connectivity index (χ1n) is 9.59. The lowest BCUT2D eigenvalue weighted by Crippen LogP contribution is -2.39. The monoisotopic (exact) mass is 363 g/mol. The third-order valence-electron chi connectivity index (χ3n) is 5.38. The van der Waals surface area contributed by atoms with E-state index in [4.69, 9.17) is 4.74 Å². The largest absolute Gasteiger partial charge is 0.373 e. The molecule has 0 radical (unpaired) electrons. The van der Waals surface area contributed by atoms with E-state index in [1.54, 1.807) is 0 Å². The molecule has 4 rings (SSSR count). The van der Waals surface area contributed by atoms with Crippen LogP contribution in [0.5, 0.6) is 0 Å². The summed E-state index contributed by atoms with van der Waals surface area (Å²) in [6.07, 6.45) is 2.28. The van der Waals surface area contributed by atoms with Gasteiger partial charge in [0.25, 0.3) is 5.56 Å². The predicted octanol–water partition coefficient (Wildman–Crippen LogP) is 3.67. The van der Waals surface area contributed by atoms with Gasteiger partial charge in [0.05, 0.1) is 29.7 Å². The Bertz CT molecular complexity index is 946. The van der Waals surface area contributed by atoms with E-state index in [2.05, 4.69) is 33.9 Å². The molecule has 5 heteroatoms. The highest BCUT2D eigenvalue weighted by molar-refractivity contribution is 5.77. The van der Waals surface area contributed by atoms with Crippen LogP contribution < -0.4 is 5.56 Å². The number of nitrogens with one attached hydrogen (secondary N) is 1. The Morgan fingerprint density at radius 1 is 1.11 bits per heavy atom. The molecule has 27 heavy (non-hydrogen) atoms. The predicted molar refractivity (Wildman–Crippen MR) is 107 cm³/mol. The molecule has 2 aromatic carbocycles. The zero-order valence-electron chi connectivity index (χ0n) is 15.6. The molecule has 1 aliphatic rings. The van der Waals surface area contributed by atoms with Gasteiger partial charge in [0, 0.05) is 13.1 Å². The van der Waals surface area contributed by atoms with Gasteiger partial charge in [-0.1, -0.05) is 42.5 Å². The lowest BCUT2D eigenvalue weighted by Gasteiger charge is -2.35. The number of aromatic amines is 1. The first kappa shape index (κ1) is 17.9. The molecule has 1 aromatic heterocycles. The Balaban J connectivity index is 1.37. The van der Waals surface area contributed by atoms with Crippen molar-refractivity contribution in [3.05, 3.63) is 76.3 Å². The number of H-pyrrole nitrogens is 1. The van der Waals surface area contributed by atoms with Crippen molar-refractivity contribution in [2.75, 3.05) is 13.1 Å². The fourth-order valence-electron chi connectivity index (χ4n) is 3.69. The average molecular weight is 363 g/mol. The van der Waals surface area contributed by atoms with E-state index in [-0.39, 0.29) is 17.7 Å². The first-order valence-corrected chi connectivity index (χ1v) is 9.59. The van der Waals surface area contributed by atoms with Crippen molar-refractivity contribution in [2.45, 2.75) is 38.5 Å². The number of para-hydroxylation sites is 1. The molecule has 1 fully saturated rings. The summed E-state index contributed by atoms with van der Waals surface area (Å²) < 4.78 is 6.08. The van der Waals surface area contributed by atoms with Gasteiger partial charge in [-0.3, -0.25) is 9.69 Å². The molecular weight excluding hydrogens is 338 g/mol. The van der Waals surface area contributed by atoms with Crippen molar-refractivity contribution in [3.8, 4) is 0 Å². The van der Waals surface area contributed by atoms with Crippen molar-refractivity contribution in [2.24, 2.45) is 0 Å². The molecule has 1 atom stereocenters. The van der Waals surface area contributed by atoms with Crippen LogP contribution in [0.2, 0.25) is 0 Å². The smallest absolute Gasteiger partial charge is 0.258 e. The summed E-state index contributed by atoms with van der Waals surface area (Å²) >= 11 is 0. The van der Waals surface area contributed by atoms with Gasteiger partial charge < -0.3 is 9.72 Å². The van der Waals surface area contributed by atoms with Crippen molar-refractivity contribution in [3.63, 3.8) is 0 Å². The minimum atomic E-state index is -0.0662. The van der Waals surface area contributed by atoms with E-state index in [0.29, 0.717) is 12.0 Å². The zero-order chi connectivity index (χ0) is 18.6. The second kappa shape index (κ2) is 8.03. The van der Waals surface area contributed by atoms with E-state index in [1.807, 2.05) is 42.5 Å². The molecule has 0 bridgehead atoms. The maximum atomic E-state index is 12.3. The topological polar surface area (TPSA) is 58.2 Å². The number of hydrogen-bond donors (Lipinski definition) is 1. The van der Waals surface area contributed by atoms with Crippen LogP contribution >= 0.6 is 0 Å². The second-order valence-corrected chi connectivity index (χ2v) is 7.18.